The number of rotatable bonds is 7. The van der Waals surface area contributed by atoms with E-state index in [0.29, 0.717) is 6.54 Å². The van der Waals surface area contributed by atoms with Gasteiger partial charge < -0.3 is 15.6 Å². The van der Waals surface area contributed by atoms with E-state index < -0.39 is 5.41 Å². The number of para-hydroxylation sites is 2. The van der Waals surface area contributed by atoms with Crippen molar-refractivity contribution < 1.29 is 9.59 Å². The summed E-state index contributed by atoms with van der Waals surface area (Å²) in [5.74, 6) is 0.863. The second kappa shape index (κ2) is 8.34. The Hall–Kier alpha value is -2.37. The number of fused-ring (bicyclic) bond motifs is 1. The third-order valence-electron chi connectivity index (χ3n) is 4.55. The van der Waals surface area contributed by atoms with Crippen LogP contribution in [0.4, 0.5) is 0 Å². The summed E-state index contributed by atoms with van der Waals surface area (Å²) >= 11 is 0. The predicted octanol–water partition coefficient (Wildman–Crippen LogP) is 3.32. The first-order valence-corrected chi connectivity index (χ1v) is 9.24. The molecule has 2 rings (SSSR count). The van der Waals surface area contributed by atoms with Gasteiger partial charge in [-0.3, -0.25) is 9.59 Å². The number of aromatic amines is 1. The number of carbonyl (C=O) groups excluding carboxylic acids is 2. The lowest BCUT2D eigenvalue weighted by Gasteiger charge is -2.23. The van der Waals surface area contributed by atoms with Crippen LogP contribution in [0.1, 0.15) is 59.3 Å². The molecule has 142 valence electrons. The first-order chi connectivity index (χ1) is 12.2. The van der Waals surface area contributed by atoms with Crippen LogP contribution in [0.5, 0.6) is 0 Å². The molecule has 0 radical (unpaired) electrons. The van der Waals surface area contributed by atoms with E-state index in [1.165, 1.54) is 0 Å². The van der Waals surface area contributed by atoms with E-state index in [9.17, 15) is 9.59 Å². The molecule has 1 aromatic carbocycles. The molecule has 2 atom stereocenters. The number of carbonyl (C=O) groups is 2. The monoisotopic (exact) mass is 358 g/mol. The minimum atomic E-state index is -0.454. The van der Waals surface area contributed by atoms with Gasteiger partial charge in [-0.05, 0) is 18.1 Å². The molecule has 0 bridgehead atoms. The first kappa shape index (κ1) is 19.9. The van der Waals surface area contributed by atoms with Crippen molar-refractivity contribution in [2.75, 3.05) is 6.54 Å². The highest BCUT2D eigenvalue weighted by Crippen LogP contribution is 2.24. The summed E-state index contributed by atoms with van der Waals surface area (Å²) in [5.41, 5.74) is 1.40. The van der Waals surface area contributed by atoms with Crippen molar-refractivity contribution in [2.24, 2.45) is 11.3 Å². The van der Waals surface area contributed by atoms with E-state index >= 15 is 0 Å². The lowest BCUT2D eigenvalue weighted by Crippen LogP contribution is -2.38. The van der Waals surface area contributed by atoms with Gasteiger partial charge in [-0.15, -0.1) is 0 Å². The summed E-state index contributed by atoms with van der Waals surface area (Å²) in [7, 11) is 0. The van der Waals surface area contributed by atoms with Crippen molar-refractivity contribution in [3.05, 3.63) is 30.1 Å². The molecule has 2 aromatic rings. The largest absolute Gasteiger partial charge is 0.355 e. The van der Waals surface area contributed by atoms with Crippen LogP contribution in [0, 0.1) is 11.3 Å². The minimum Gasteiger partial charge on any atom is -0.355 e. The zero-order valence-electron chi connectivity index (χ0n) is 16.3. The second-order valence-electron chi connectivity index (χ2n) is 7.83. The number of hydrogen-bond acceptors (Lipinski definition) is 3. The Bertz CT molecular complexity index is 728. The molecule has 0 saturated heterocycles. The highest BCUT2D eigenvalue weighted by atomic mass is 16.2. The molecule has 6 heteroatoms. The second-order valence-corrected chi connectivity index (χ2v) is 7.83. The first-order valence-electron chi connectivity index (χ1n) is 9.24. The normalized spacial score (nSPS) is 14.0. The van der Waals surface area contributed by atoms with Crippen LogP contribution in [0.2, 0.25) is 0 Å². The smallest absolute Gasteiger partial charge is 0.225 e. The molecule has 2 unspecified atom stereocenters. The minimum absolute atomic E-state index is 0.0546. The molecule has 0 aliphatic rings. The molecular weight excluding hydrogens is 328 g/mol. The fraction of sp³-hybridized carbons (Fsp3) is 0.550. The molecule has 1 aromatic heterocycles. The van der Waals surface area contributed by atoms with Gasteiger partial charge in [0.05, 0.1) is 17.1 Å². The van der Waals surface area contributed by atoms with Crippen LogP contribution in [-0.4, -0.2) is 28.3 Å². The number of nitrogens with zero attached hydrogens (tertiary/aromatic N) is 1. The number of aromatic nitrogens is 2. The topological polar surface area (TPSA) is 86.9 Å². The van der Waals surface area contributed by atoms with Crippen LogP contribution in [0.25, 0.3) is 11.0 Å². The maximum Gasteiger partial charge on any atom is 0.225 e. The van der Waals surface area contributed by atoms with Crippen molar-refractivity contribution in [1.29, 1.82) is 0 Å². The van der Waals surface area contributed by atoms with E-state index in [4.69, 9.17) is 0 Å². The Morgan fingerprint density at radius 1 is 1.23 bits per heavy atom. The maximum atomic E-state index is 12.4. The molecular formula is C20H30N4O2. The Labute approximate surface area is 155 Å². The van der Waals surface area contributed by atoms with Crippen LogP contribution in [0.3, 0.4) is 0 Å². The third kappa shape index (κ3) is 5.07. The van der Waals surface area contributed by atoms with E-state index in [1.807, 2.05) is 45.0 Å². The molecule has 0 fully saturated rings. The highest BCUT2D eigenvalue weighted by Gasteiger charge is 2.24. The highest BCUT2D eigenvalue weighted by molar-refractivity contribution is 5.82. The van der Waals surface area contributed by atoms with Crippen LogP contribution >= 0.6 is 0 Å². The predicted molar refractivity (Wildman–Crippen MR) is 104 cm³/mol. The molecule has 0 spiro atoms. The van der Waals surface area contributed by atoms with E-state index in [-0.39, 0.29) is 30.2 Å². The van der Waals surface area contributed by atoms with Crippen molar-refractivity contribution in [3.8, 4) is 0 Å². The van der Waals surface area contributed by atoms with Gasteiger partial charge in [0.2, 0.25) is 11.8 Å². The zero-order chi connectivity index (χ0) is 19.3. The number of H-pyrrole nitrogens is 1. The van der Waals surface area contributed by atoms with E-state index in [2.05, 4.69) is 34.4 Å². The average molecular weight is 358 g/mol. The average Bonchev–Trinajstić information content (AvgIpc) is 3.01. The molecule has 1 heterocycles. The molecule has 0 aliphatic carbocycles. The van der Waals surface area contributed by atoms with E-state index in [1.54, 1.807) is 0 Å². The van der Waals surface area contributed by atoms with Crippen molar-refractivity contribution in [1.82, 2.24) is 20.6 Å². The van der Waals surface area contributed by atoms with Crippen LogP contribution in [-0.2, 0) is 9.59 Å². The Morgan fingerprint density at radius 3 is 2.54 bits per heavy atom. The van der Waals surface area contributed by atoms with Gasteiger partial charge in [0.15, 0.2) is 0 Å². The number of hydrogen-bond donors (Lipinski definition) is 3. The summed E-state index contributed by atoms with van der Waals surface area (Å²) < 4.78 is 0. The van der Waals surface area contributed by atoms with Gasteiger partial charge in [-0.25, -0.2) is 4.98 Å². The van der Waals surface area contributed by atoms with Gasteiger partial charge in [0.25, 0.3) is 0 Å². The summed E-state index contributed by atoms with van der Waals surface area (Å²) in [6.07, 6.45) is 1.16. The van der Waals surface area contributed by atoms with Gasteiger partial charge in [0, 0.05) is 18.4 Å². The molecule has 6 nitrogen and oxygen atoms in total. The van der Waals surface area contributed by atoms with Gasteiger partial charge >= 0.3 is 0 Å². The number of amides is 2. The number of benzene rings is 1. The lowest BCUT2D eigenvalue weighted by atomic mass is 9.96. The zero-order valence-corrected chi connectivity index (χ0v) is 16.3. The van der Waals surface area contributed by atoms with Crippen molar-refractivity contribution in [2.45, 2.75) is 53.5 Å². The summed E-state index contributed by atoms with van der Waals surface area (Å²) in [6.45, 7) is 10.1. The summed E-state index contributed by atoms with van der Waals surface area (Å²) in [6, 6.07) is 7.65. The quantitative estimate of drug-likeness (QED) is 0.709. The SMILES string of the molecule is CCC(C)C(NC(=O)CCNC(=O)C(C)(C)C)c1nc2ccccc2[nH]1. The Kier molecular flexibility index (Phi) is 6.40. The molecule has 26 heavy (non-hydrogen) atoms. The molecule has 0 aliphatic heterocycles. The lowest BCUT2D eigenvalue weighted by molar-refractivity contribution is -0.128. The molecule has 2 amide bonds. The van der Waals surface area contributed by atoms with E-state index in [0.717, 1.165) is 23.3 Å². The Balaban J connectivity index is 2.01. The molecule has 3 N–H and O–H groups in total. The number of imidazole rings is 1. The van der Waals surface area contributed by atoms with Gasteiger partial charge in [-0.1, -0.05) is 53.2 Å². The van der Waals surface area contributed by atoms with Crippen molar-refractivity contribution in [3.63, 3.8) is 0 Å². The van der Waals surface area contributed by atoms with Gasteiger partial charge in [0.1, 0.15) is 5.82 Å². The maximum absolute atomic E-state index is 12.4. The van der Waals surface area contributed by atoms with Crippen molar-refractivity contribution >= 4 is 22.8 Å². The number of nitrogens with one attached hydrogen (secondary N) is 3. The van der Waals surface area contributed by atoms with Crippen LogP contribution in [0.15, 0.2) is 24.3 Å². The third-order valence-corrected chi connectivity index (χ3v) is 4.55. The standard InChI is InChI=1S/C20H30N4O2/c1-6-13(2)17(18-22-14-9-7-8-10-15(14)23-18)24-16(25)11-12-21-19(26)20(3,4)5/h7-10,13,17H,6,11-12H2,1-5H3,(H,21,26)(H,22,23)(H,24,25). The fourth-order valence-electron chi connectivity index (χ4n) is 2.64. The van der Waals surface area contributed by atoms with Crippen LogP contribution < -0.4 is 10.6 Å². The Morgan fingerprint density at radius 2 is 1.92 bits per heavy atom. The fourth-order valence-corrected chi connectivity index (χ4v) is 2.64. The summed E-state index contributed by atoms with van der Waals surface area (Å²) in [5, 5.41) is 5.88. The van der Waals surface area contributed by atoms with Gasteiger partial charge in [-0.2, -0.15) is 0 Å². The summed E-state index contributed by atoms with van der Waals surface area (Å²) in [4.78, 5) is 32.2. The molecule has 0 saturated carbocycles.